The Morgan fingerprint density at radius 2 is 1.77 bits per heavy atom. The molecule has 2 aliphatic rings. The van der Waals surface area contributed by atoms with E-state index in [1.54, 1.807) is 23.1 Å². The average molecular weight is 402 g/mol. The lowest BCUT2D eigenvalue weighted by atomic mass is 9.98. The quantitative estimate of drug-likeness (QED) is 0.613. The van der Waals surface area contributed by atoms with Crippen molar-refractivity contribution in [1.29, 1.82) is 0 Å². The fraction of sp³-hybridized carbons (Fsp3) is 0.417. The number of hydrogen-bond acceptors (Lipinski definition) is 5. The molecular formula is C24H26N4O2. The second-order valence-electron chi connectivity index (χ2n) is 8.35. The van der Waals surface area contributed by atoms with E-state index in [9.17, 15) is 4.79 Å². The molecule has 0 saturated heterocycles. The average Bonchev–Trinajstić information content (AvgIpc) is 3.62. The first-order valence-corrected chi connectivity index (χ1v) is 10.9. The SMILES string of the molecule is O=c1ccc(C2CC2)nn1Cc1cccc(-c2ncc(OC3CCCCC3)cn2)c1. The highest BCUT2D eigenvalue weighted by Gasteiger charge is 2.25. The van der Waals surface area contributed by atoms with Crippen molar-refractivity contribution < 1.29 is 4.74 Å². The van der Waals surface area contributed by atoms with Gasteiger partial charge < -0.3 is 4.74 Å². The normalized spacial score (nSPS) is 17.1. The van der Waals surface area contributed by atoms with Crippen LogP contribution in [0.4, 0.5) is 0 Å². The Morgan fingerprint density at radius 3 is 2.53 bits per heavy atom. The molecule has 0 bridgehead atoms. The first kappa shape index (κ1) is 19.0. The molecule has 0 aliphatic heterocycles. The van der Waals surface area contributed by atoms with E-state index in [-0.39, 0.29) is 11.7 Å². The second-order valence-corrected chi connectivity index (χ2v) is 8.35. The van der Waals surface area contributed by atoms with Crippen LogP contribution in [0.3, 0.4) is 0 Å². The predicted octanol–water partition coefficient (Wildman–Crippen LogP) is 4.34. The summed E-state index contributed by atoms with van der Waals surface area (Å²) in [6, 6.07) is 11.5. The smallest absolute Gasteiger partial charge is 0.267 e. The molecule has 0 amide bonds. The second kappa shape index (κ2) is 8.38. The predicted molar refractivity (Wildman–Crippen MR) is 115 cm³/mol. The Bertz CT molecular complexity index is 1070. The van der Waals surface area contributed by atoms with E-state index in [4.69, 9.17) is 4.74 Å². The van der Waals surface area contributed by atoms with E-state index in [2.05, 4.69) is 15.1 Å². The van der Waals surface area contributed by atoms with E-state index < -0.39 is 0 Å². The first-order valence-electron chi connectivity index (χ1n) is 10.9. The molecule has 2 aliphatic carbocycles. The van der Waals surface area contributed by atoms with Gasteiger partial charge in [0.05, 0.1) is 30.7 Å². The van der Waals surface area contributed by atoms with Crippen LogP contribution in [0.15, 0.2) is 53.6 Å². The zero-order chi connectivity index (χ0) is 20.3. The summed E-state index contributed by atoms with van der Waals surface area (Å²) in [5.41, 5.74) is 2.86. The minimum Gasteiger partial charge on any atom is -0.487 e. The fourth-order valence-electron chi connectivity index (χ4n) is 4.06. The Kier molecular flexibility index (Phi) is 5.30. The van der Waals surface area contributed by atoms with Crippen molar-refractivity contribution in [1.82, 2.24) is 19.7 Å². The van der Waals surface area contributed by atoms with Crippen molar-refractivity contribution in [2.75, 3.05) is 0 Å². The molecule has 0 unspecified atom stereocenters. The van der Waals surface area contributed by atoms with Gasteiger partial charge in [-0.3, -0.25) is 4.79 Å². The molecule has 0 spiro atoms. The van der Waals surface area contributed by atoms with Gasteiger partial charge in [-0.25, -0.2) is 14.6 Å². The summed E-state index contributed by atoms with van der Waals surface area (Å²) in [5.74, 6) is 1.90. The van der Waals surface area contributed by atoms with E-state index in [0.29, 0.717) is 18.3 Å². The summed E-state index contributed by atoms with van der Waals surface area (Å²) in [5, 5.41) is 4.56. The molecule has 2 fully saturated rings. The zero-order valence-corrected chi connectivity index (χ0v) is 17.0. The van der Waals surface area contributed by atoms with Gasteiger partial charge in [0.25, 0.3) is 5.56 Å². The Labute approximate surface area is 176 Å². The largest absolute Gasteiger partial charge is 0.487 e. The molecule has 0 atom stereocenters. The highest BCUT2D eigenvalue weighted by Crippen LogP contribution is 2.38. The number of benzene rings is 1. The van der Waals surface area contributed by atoms with Gasteiger partial charge >= 0.3 is 0 Å². The molecule has 30 heavy (non-hydrogen) atoms. The van der Waals surface area contributed by atoms with Gasteiger partial charge in [-0.1, -0.05) is 24.6 Å². The summed E-state index contributed by atoms with van der Waals surface area (Å²) in [6.07, 6.45) is 12.1. The standard InChI is InChI=1S/C24H26N4O2/c29-23-12-11-22(18-9-10-18)27-28(23)16-17-5-4-6-19(13-17)24-25-14-21(15-26-24)30-20-7-2-1-3-8-20/h4-6,11-15,18,20H,1-3,7-10,16H2. The molecule has 154 valence electrons. The Hall–Kier alpha value is -3.02. The lowest BCUT2D eigenvalue weighted by molar-refractivity contribution is 0.154. The van der Waals surface area contributed by atoms with Crippen LogP contribution in [0.2, 0.25) is 0 Å². The molecule has 2 heterocycles. The molecule has 1 aromatic carbocycles. The van der Waals surface area contributed by atoms with Crippen molar-refractivity contribution in [3.05, 3.63) is 70.4 Å². The van der Waals surface area contributed by atoms with Gasteiger partial charge in [-0.2, -0.15) is 5.10 Å². The van der Waals surface area contributed by atoms with Crippen LogP contribution in [0.5, 0.6) is 5.75 Å². The fourth-order valence-corrected chi connectivity index (χ4v) is 4.06. The van der Waals surface area contributed by atoms with Crippen molar-refractivity contribution in [2.45, 2.75) is 63.5 Å². The lowest BCUT2D eigenvalue weighted by Crippen LogP contribution is -2.23. The minimum atomic E-state index is -0.0785. The summed E-state index contributed by atoms with van der Waals surface area (Å²) >= 11 is 0. The minimum absolute atomic E-state index is 0.0785. The van der Waals surface area contributed by atoms with Crippen LogP contribution in [-0.4, -0.2) is 25.9 Å². The van der Waals surface area contributed by atoms with Crippen molar-refractivity contribution in [2.24, 2.45) is 0 Å². The highest BCUT2D eigenvalue weighted by atomic mass is 16.5. The molecule has 2 aromatic heterocycles. The monoisotopic (exact) mass is 402 g/mol. The molecule has 6 heteroatoms. The number of aromatic nitrogens is 4. The molecule has 0 radical (unpaired) electrons. The van der Waals surface area contributed by atoms with Crippen molar-refractivity contribution >= 4 is 0 Å². The summed E-state index contributed by atoms with van der Waals surface area (Å²) < 4.78 is 7.58. The van der Waals surface area contributed by atoms with Crippen LogP contribution >= 0.6 is 0 Å². The molecule has 6 nitrogen and oxygen atoms in total. The third-order valence-electron chi connectivity index (χ3n) is 5.88. The maximum absolute atomic E-state index is 12.2. The summed E-state index contributed by atoms with van der Waals surface area (Å²) in [7, 11) is 0. The van der Waals surface area contributed by atoms with Gasteiger partial charge in [-0.15, -0.1) is 0 Å². The van der Waals surface area contributed by atoms with Gasteiger partial charge in [0.2, 0.25) is 0 Å². The summed E-state index contributed by atoms with van der Waals surface area (Å²) in [4.78, 5) is 21.2. The first-order chi connectivity index (χ1) is 14.7. The summed E-state index contributed by atoms with van der Waals surface area (Å²) in [6.45, 7) is 0.441. The van der Waals surface area contributed by atoms with Gasteiger partial charge in [-0.05, 0) is 56.2 Å². The topological polar surface area (TPSA) is 69.9 Å². The maximum Gasteiger partial charge on any atom is 0.267 e. The third-order valence-corrected chi connectivity index (χ3v) is 5.88. The van der Waals surface area contributed by atoms with E-state index in [0.717, 1.165) is 35.4 Å². The van der Waals surface area contributed by atoms with E-state index >= 15 is 0 Å². The number of rotatable bonds is 6. The van der Waals surface area contributed by atoms with E-state index in [1.165, 1.54) is 32.1 Å². The zero-order valence-electron chi connectivity index (χ0n) is 17.0. The van der Waals surface area contributed by atoms with Crippen LogP contribution in [0.25, 0.3) is 11.4 Å². The number of hydrogen-bond donors (Lipinski definition) is 0. The van der Waals surface area contributed by atoms with Crippen molar-refractivity contribution in [3.8, 4) is 17.1 Å². The van der Waals surface area contributed by atoms with Gasteiger partial charge in [0.15, 0.2) is 11.6 Å². The van der Waals surface area contributed by atoms with Crippen LogP contribution < -0.4 is 10.3 Å². The van der Waals surface area contributed by atoms with E-state index in [1.807, 2.05) is 30.3 Å². The lowest BCUT2D eigenvalue weighted by Gasteiger charge is -2.22. The molecular weight excluding hydrogens is 376 g/mol. The molecule has 0 N–H and O–H groups in total. The maximum atomic E-state index is 12.2. The molecule has 3 aromatic rings. The van der Waals surface area contributed by atoms with Gasteiger partial charge in [0, 0.05) is 17.5 Å². The highest BCUT2D eigenvalue weighted by molar-refractivity contribution is 5.56. The molecule has 2 saturated carbocycles. The van der Waals surface area contributed by atoms with Crippen LogP contribution in [-0.2, 0) is 6.54 Å². The molecule has 5 rings (SSSR count). The Morgan fingerprint density at radius 1 is 0.967 bits per heavy atom. The van der Waals surface area contributed by atoms with Crippen LogP contribution in [0, 0.1) is 0 Å². The van der Waals surface area contributed by atoms with Crippen molar-refractivity contribution in [3.63, 3.8) is 0 Å². The number of ether oxygens (including phenoxy) is 1. The van der Waals surface area contributed by atoms with Gasteiger partial charge in [0.1, 0.15) is 0 Å². The Balaban J connectivity index is 1.31. The van der Waals surface area contributed by atoms with Crippen LogP contribution in [0.1, 0.15) is 62.1 Å². The number of nitrogens with zero attached hydrogens (tertiary/aromatic N) is 4. The third kappa shape index (κ3) is 4.42.